The van der Waals surface area contributed by atoms with Gasteiger partial charge in [-0.2, -0.15) is 0 Å². The van der Waals surface area contributed by atoms with E-state index in [1.807, 2.05) is 0 Å². The summed E-state index contributed by atoms with van der Waals surface area (Å²) in [6.45, 7) is -0.612. The first-order valence-electron chi connectivity index (χ1n) is 8.20. The molecule has 2 aromatic rings. The molecule has 0 aliphatic carbocycles. The molecule has 0 radical (unpaired) electrons. The predicted octanol–water partition coefficient (Wildman–Crippen LogP) is 2.25. The molecule has 8 heteroatoms. The average Bonchev–Trinajstić information content (AvgIpc) is 2.64. The lowest BCUT2D eigenvalue weighted by Crippen LogP contribution is -2.32. The number of ether oxygens (including phenoxy) is 1. The number of rotatable bonds is 5. The van der Waals surface area contributed by atoms with Crippen molar-refractivity contribution in [3.8, 4) is 0 Å². The average molecular weight is 374 g/mol. The van der Waals surface area contributed by atoms with Crippen LogP contribution in [0.25, 0.3) is 0 Å². The van der Waals surface area contributed by atoms with Crippen LogP contribution in [0, 0.1) is 11.6 Å². The van der Waals surface area contributed by atoms with Crippen LogP contribution in [0.5, 0.6) is 0 Å². The van der Waals surface area contributed by atoms with Crippen LogP contribution in [0.4, 0.5) is 14.5 Å². The Labute approximate surface area is 153 Å². The van der Waals surface area contributed by atoms with Gasteiger partial charge in [-0.05, 0) is 23.8 Å². The normalized spacial score (nSPS) is 15.5. The van der Waals surface area contributed by atoms with Gasteiger partial charge in [0, 0.05) is 24.2 Å². The monoisotopic (exact) mass is 374 g/mol. The lowest BCUT2D eigenvalue weighted by Gasteiger charge is -2.24. The van der Waals surface area contributed by atoms with Gasteiger partial charge < -0.3 is 15.4 Å². The molecule has 0 spiro atoms. The summed E-state index contributed by atoms with van der Waals surface area (Å²) in [7, 11) is 0. The Bertz CT molecular complexity index is 901. The van der Waals surface area contributed by atoms with Gasteiger partial charge in [-0.3, -0.25) is 14.4 Å². The van der Waals surface area contributed by atoms with Crippen molar-refractivity contribution < 1.29 is 27.9 Å². The maximum Gasteiger partial charge on any atom is 0.314 e. The molecule has 2 N–H and O–H groups in total. The van der Waals surface area contributed by atoms with Gasteiger partial charge in [-0.25, -0.2) is 8.78 Å². The highest BCUT2D eigenvalue weighted by atomic mass is 19.1. The van der Waals surface area contributed by atoms with Crippen molar-refractivity contribution in [1.29, 1.82) is 0 Å². The topological polar surface area (TPSA) is 84.5 Å². The van der Waals surface area contributed by atoms with Crippen molar-refractivity contribution >= 4 is 23.5 Å². The van der Waals surface area contributed by atoms with E-state index < -0.39 is 41.9 Å². The third-order valence-electron chi connectivity index (χ3n) is 4.12. The van der Waals surface area contributed by atoms with Gasteiger partial charge in [0.2, 0.25) is 5.91 Å². The van der Waals surface area contributed by atoms with Crippen molar-refractivity contribution in [3.63, 3.8) is 0 Å². The first kappa shape index (κ1) is 18.5. The minimum Gasteiger partial charge on any atom is -0.455 e. The number of anilines is 1. The second kappa shape index (κ2) is 7.94. The zero-order valence-corrected chi connectivity index (χ0v) is 14.1. The maximum atomic E-state index is 13.5. The van der Waals surface area contributed by atoms with Gasteiger partial charge >= 0.3 is 5.97 Å². The summed E-state index contributed by atoms with van der Waals surface area (Å²) in [5, 5.41) is 4.94. The number of nitrogens with one attached hydrogen (secondary N) is 2. The molecule has 1 heterocycles. The summed E-state index contributed by atoms with van der Waals surface area (Å²) in [6.07, 6.45) is -0.158. The molecule has 1 atom stereocenters. The van der Waals surface area contributed by atoms with Crippen LogP contribution in [0.2, 0.25) is 0 Å². The summed E-state index contributed by atoms with van der Waals surface area (Å²) >= 11 is 0. The number of benzene rings is 2. The molecule has 6 nitrogen and oxygen atoms in total. The Morgan fingerprint density at radius 3 is 2.74 bits per heavy atom. The molecule has 1 unspecified atom stereocenters. The molecular formula is C19H16F2N2O4. The van der Waals surface area contributed by atoms with E-state index in [9.17, 15) is 23.2 Å². The Hall–Kier alpha value is -3.29. The van der Waals surface area contributed by atoms with Crippen molar-refractivity contribution in [3.05, 3.63) is 65.2 Å². The van der Waals surface area contributed by atoms with Gasteiger partial charge in [0.15, 0.2) is 6.61 Å². The van der Waals surface area contributed by atoms with E-state index in [2.05, 4.69) is 10.6 Å². The second-order valence-electron chi connectivity index (χ2n) is 6.01. The summed E-state index contributed by atoms with van der Waals surface area (Å²) in [6, 6.07) is 9.67. The minimum atomic E-state index is -0.922. The number of amides is 2. The van der Waals surface area contributed by atoms with E-state index in [1.165, 1.54) is 30.3 Å². The number of fused-ring (bicyclic) bond motifs is 1. The highest BCUT2D eigenvalue weighted by molar-refractivity contribution is 6.00. The number of esters is 1. The van der Waals surface area contributed by atoms with Crippen LogP contribution < -0.4 is 10.6 Å². The fraction of sp³-hybridized carbons (Fsp3) is 0.211. The first-order valence-corrected chi connectivity index (χ1v) is 8.20. The molecule has 0 saturated heterocycles. The second-order valence-corrected chi connectivity index (χ2v) is 6.01. The highest BCUT2D eigenvalue weighted by Crippen LogP contribution is 2.33. The molecular weight excluding hydrogens is 358 g/mol. The Kier molecular flexibility index (Phi) is 5.44. The molecule has 2 aromatic carbocycles. The van der Waals surface area contributed by atoms with E-state index >= 15 is 0 Å². The molecule has 2 amide bonds. The third kappa shape index (κ3) is 4.46. The van der Waals surface area contributed by atoms with E-state index in [-0.39, 0.29) is 18.7 Å². The van der Waals surface area contributed by atoms with Crippen LogP contribution in [-0.4, -0.2) is 24.4 Å². The number of carbonyl (C=O) groups is 3. The van der Waals surface area contributed by atoms with Crippen LogP contribution in [0.1, 0.15) is 23.5 Å². The number of halogens is 2. The molecule has 27 heavy (non-hydrogen) atoms. The summed E-state index contributed by atoms with van der Waals surface area (Å²) < 4.78 is 31.8. The molecule has 140 valence electrons. The Morgan fingerprint density at radius 2 is 1.96 bits per heavy atom. The van der Waals surface area contributed by atoms with Crippen LogP contribution in [0.15, 0.2) is 42.5 Å². The van der Waals surface area contributed by atoms with Crippen molar-refractivity contribution in [1.82, 2.24) is 5.32 Å². The standard InChI is InChI=1S/C19H16F2N2O4/c20-12-5-6-13-14(8-17(24)23-16(13)7-12)19(26)27-10-18(25)22-9-11-3-1-2-4-15(11)21/h1-7,14H,8-10H2,(H,22,25)(H,23,24). The Balaban J connectivity index is 1.57. The smallest absolute Gasteiger partial charge is 0.314 e. The minimum absolute atomic E-state index is 0.0446. The maximum absolute atomic E-state index is 13.5. The predicted molar refractivity (Wildman–Crippen MR) is 91.6 cm³/mol. The first-order chi connectivity index (χ1) is 12.9. The quantitative estimate of drug-likeness (QED) is 0.787. The highest BCUT2D eigenvalue weighted by Gasteiger charge is 2.32. The number of hydrogen-bond acceptors (Lipinski definition) is 4. The molecule has 0 bridgehead atoms. The lowest BCUT2D eigenvalue weighted by molar-refractivity contribution is -0.151. The van der Waals surface area contributed by atoms with E-state index in [4.69, 9.17) is 4.74 Å². The molecule has 3 rings (SSSR count). The SMILES string of the molecule is O=C(COC(=O)C1CC(=O)Nc2cc(F)ccc21)NCc1ccccc1F. The van der Waals surface area contributed by atoms with Crippen molar-refractivity contribution in [2.24, 2.45) is 0 Å². The van der Waals surface area contributed by atoms with Crippen LogP contribution in [-0.2, 0) is 25.7 Å². The molecule has 0 saturated carbocycles. The van der Waals surface area contributed by atoms with Gasteiger partial charge in [-0.15, -0.1) is 0 Å². The molecule has 0 fully saturated rings. The number of carbonyl (C=O) groups excluding carboxylic acids is 3. The lowest BCUT2D eigenvalue weighted by atomic mass is 9.90. The van der Waals surface area contributed by atoms with E-state index in [0.29, 0.717) is 11.1 Å². The largest absolute Gasteiger partial charge is 0.455 e. The third-order valence-corrected chi connectivity index (χ3v) is 4.12. The summed E-state index contributed by atoms with van der Waals surface area (Å²) in [4.78, 5) is 35.8. The van der Waals surface area contributed by atoms with Crippen molar-refractivity contribution in [2.45, 2.75) is 18.9 Å². The van der Waals surface area contributed by atoms with Gasteiger partial charge in [-0.1, -0.05) is 24.3 Å². The van der Waals surface area contributed by atoms with Gasteiger partial charge in [0.1, 0.15) is 11.6 Å². The Morgan fingerprint density at radius 1 is 1.19 bits per heavy atom. The molecule has 1 aliphatic heterocycles. The zero-order valence-electron chi connectivity index (χ0n) is 14.1. The van der Waals surface area contributed by atoms with Crippen LogP contribution >= 0.6 is 0 Å². The summed E-state index contributed by atoms with van der Waals surface area (Å²) in [5.74, 6) is -3.74. The van der Waals surface area contributed by atoms with E-state index in [1.54, 1.807) is 6.07 Å². The molecule has 1 aliphatic rings. The fourth-order valence-electron chi connectivity index (χ4n) is 2.77. The molecule has 0 aromatic heterocycles. The van der Waals surface area contributed by atoms with E-state index in [0.717, 1.165) is 6.07 Å². The van der Waals surface area contributed by atoms with Crippen molar-refractivity contribution in [2.75, 3.05) is 11.9 Å². The van der Waals surface area contributed by atoms with Gasteiger partial charge in [0.25, 0.3) is 5.91 Å². The van der Waals surface area contributed by atoms with Crippen LogP contribution in [0.3, 0.4) is 0 Å². The zero-order chi connectivity index (χ0) is 19.4. The number of hydrogen-bond donors (Lipinski definition) is 2. The van der Waals surface area contributed by atoms with Gasteiger partial charge in [0.05, 0.1) is 5.92 Å². The fourth-order valence-corrected chi connectivity index (χ4v) is 2.77. The summed E-state index contributed by atoms with van der Waals surface area (Å²) in [5.41, 5.74) is 0.932.